The molecule has 42 heavy (non-hydrogen) atoms. The highest BCUT2D eigenvalue weighted by molar-refractivity contribution is 7.92. The Hall–Kier alpha value is -3.86. The number of nitrogens with zero attached hydrogens (tertiary/aromatic N) is 2. The van der Waals surface area contributed by atoms with Crippen LogP contribution in [0, 0.1) is 6.92 Å². The minimum atomic E-state index is -4.74. The lowest BCUT2D eigenvalue weighted by Crippen LogP contribution is -2.55. The van der Waals surface area contributed by atoms with Crippen LogP contribution in [0.2, 0.25) is 0 Å². The molecule has 0 spiro atoms. The summed E-state index contributed by atoms with van der Waals surface area (Å²) in [5, 5.41) is 2.88. The number of rotatable bonds is 10. The van der Waals surface area contributed by atoms with Crippen LogP contribution in [-0.2, 0) is 32.3 Å². The van der Waals surface area contributed by atoms with Crippen LogP contribution >= 0.6 is 0 Å². The van der Waals surface area contributed by atoms with Gasteiger partial charge in [0.25, 0.3) is 10.0 Å². The van der Waals surface area contributed by atoms with Crippen molar-refractivity contribution in [2.24, 2.45) is 0 Å². The molecule has 0 aliphatic rings. The van der Waals surface area contributed by atoms with Gasteiger partial charge in [0.15, 0.2) is 0 Å². The second-order valence-corrected chi connectivity index (χ2v) is 12.8. The average Bonchev–Trinajstić information content (AvgIpc) is 2.91. The van der Waals surface area contributed by atoms with Gasteiger partial charge in [-0.05, 0) is 75.6 Å². The third kappa shape index (κ3) is 8.12. The number of nitrogens with one attached hydrogen (secondary N) is 1. The Labute approximate surface area is 245 Å². The van der Waals surface area contributed by atoms with Crippen molar-refractivity contribution in [2.45, 2.75) is 70.2 Å². The van der Waals surface area contributed by atoms with E-state index in [1.165, 1.54) is 35.2 Å². The third-order valence-electron chi connectivity index (χ3n) is 6.56. The summed E-state index contributed by atoms with van der Waals surface area (Å²) in [6, 6.07) is 17.3. The molecule has 1 unspecified atom stereocenters. The maximum atomic E-state index is 14.1. The summed E-state index contributed by atoms with van der Waals surface area (Å²) in [6.45, 7) is 8.14. The van der Waals surface area contributed by atoms with Crippen molar-refractivity contribution in [1.29, 1.82) is 0 Å². The zero-order valence-corrected chi connectivity index (χ0v) is 25.1. The van der Waals surface area contributed by atoms with Crippen LogP contribution in [0.1, 0.15) is 50.8 Å². The summed E-state index contributed by atoms with van der Waals surface area (Å²) < 4.78 is 69.1. The molecule has 0 saturated heterocycles. The quantitative estimate of drug-likeness (QED) is 0.311. The van der Waals surface area contributed by atoms with Gasteiger partial charge in [0, 0.05) is 12.1 Å². The van der Waals surface area contributed by atoms with Gasteiger partial charge >= 0.3 is 6.18 Å². The zero-order chi connectivity index (χ0) is 31.3. The van der Waals surface area contributed by atoms with Crippen molar-refractivity contribution in [3.8, 4) is 0 Å². The fourth-order valence-corrected chi connectivity index (χ4v) is 5.86. The van der Waals surface area contributed by atoms with Gasteiger partial charge < -0.3 is 10.2 Å². The number of carbonyl (C=O) groups excluding carboxylic acids is 2. The van der Waals surface area contributed by atoms with Gasteiger partial charge in [-0.3, -0.25) is 13.9 Å². The maximum absolute atomic E-state index is 14.1. The number of anilines is 1. The van der Waals surface area contributed by atoms with E-state index in [2.05, 4.69) is 5.32 Å². The van der Waals surface area contributed by atoms with Crippen molar-refractivity contribution in [2.75, 3.05) is 10.8 Å². The summed E-state index contributed by atoms with van der Waals surface area (Å²) in [5.41, 5.74) is -0.404. The second kappa shape index (κ2) is 13.0. The molecule has 2 amide bonds. The number of carbonyl (C=O) groups is 2. The molecule has 0 fully saturated rings. The minimum Gasteiger partial charge on any atom is -0.350 e. The van der Waals surface area contributed by atoms with Crippen molar-refractivity contribution in [1.82, 2.24) is 10.2 Å². The molecule has 3 aromatic rings. The second-order valence-electron chi connectivity index (χ2n) is 11.0. The van der Waals surface area contributed by atoms with Crippen molar-refractivity contribution < 1.29 is 31.2 Å². The minimum absolute atomic E-state index is 0.0105. The fourth-order valence-electron chi connectivity index (χ4n) is 4.43. The first kappa shape index (κ1) is 32.7. The summed E-state index contributed by atoms with van der Waals surface area (Å²) in [5.74, 6) is -1.17. The van der Waals surface area contributed by atoms with E-state index in [0.29, 0.717) is 10.4 Å². The molecule has 0 saturated carbocycles. The highest BCUT2D eigenvalue weighted by Crippen LogP contribution is 2.33. The number of hydrogen-bond acceptors (Lipinski definition) is 4. The van der Waals surface area contributed by atoms with Crippen LogP contribution in [0.15, 0.2) is 83.8 Å². The molecule has 3 aromatic carbocycles. The molecule has 7 nitrogen and oxygen atoms in total. The van der Waals surface area contributed by atoms with Crippen molar-refractivity contribution in [3.05, 3.63) is 95.6 Å². The van der Waals surface area contributed by atoms with Gasteiger partial charge in [-0.1, -0.05) is 55.5 Å². The molecule has 1 atom stereocenters. The van der Waals surface area contributed by atoms with E-state index < -0.39 is 51.7 Å². The summed E-state index contributed by atoms with van der Waals surface area (Å²) >= 11 is 0. The first-order valence-corrected chi connectivity index (χ1v) is 14.9. The van der Waals surface area contributed by atoms with E-state index >= 15 is 0 Å². The molecule has 0 aliphatic carbocycles. The van der Waals surface area contributed by atoms with E-state index in [9.17, 15) is 31.2 Å². The molecular weight excluding hydrogens is 567 g/mol. The highest BCUT2D eigenvalue weighted by Gasteiger charge is 2.36. The van der Waals surface area contributed by atoms with E-state index in [0.717, 1.165) is 23.3 Å². The monoisotopic (exact) mass is 603 g/mol. The standard InChI is InChI=1S/C31H36F3N3O4S/c1-6-27(29(39)35-30(3,4)5)36(20-23-14-11-10-13-22(23)2)28(38)21-37(42(40,41)26-17-8-7-9-18-26)25-16-12-15-24(19-25)31(32,33)34/h7-19,27H,6,20-21H2,1-5H3,(H,35,39). The van der Waals surface area contributed by atoms with E-state index in [1.807, 2.05) is 19.1 Å². The predicted octanol–water partition coefficient (Wildman–Crippen LogP) is 5.93. The van der Waals surface area contributed by atoms with E-state index in [1.54, 1.807) is 45.9 Å². The maximum Gasteiger partial charge on any atom is 0.416 e. The normalized spacial score (nSPS) is 12.9. The topological polar surface area (TPSA) is 86.8 Å². The molecular formula is C31H36F3N3O4S. The van der Waals surface area contributed by atoms with Gasteiger partial charge in [-0.2, -0.15) is 13.2 Å². The first-order chi connectivity index (χ1) is 19.5. The largest absolute Gasteiger partial charge is 0.416 e. The number of halogens is 3. The van der Waals surface area contributed by atoms with Gasteiger partial charge in [-0.15, -0.1) is 0 Å². The van der Waals surface area contributed by atoms with Crippen LogP contribution < -0.4 is 9.62 Å². The Morgan fingerprint density at radius 2 is 1.52 bits per heavy atom. The van der Waals surface area contributed by atoms with Crippen LogP contribution in [0.4, 0.5) is 18.9 Å². The Morgan fingerprint density at radius 1 is 0.905 bits per heavy atom. The molecule has 0 aromatic heterocycles. The van der Waals surface area contributed by atoms with E-state index in [4.69, 9.17) is 0 Å². The SMILES string of the molecule is CCC(C(=O)NC(C)(C)C)N(Cc1ccccc1C)C(=O)CN(c1cccc(C(F)(F)F)c1)S(=O)(=O)c1ccccc1. The summed E-state index contributed by atoms with van der Waals surface area (Å²) in [6.07, 6.45) is -4.52. The molecule has 11 heteroatoms. The Morgan fingerprint density at radius 3 is 2.10 bits per heavy atom. The summed E-state index contributed by atoms with van der Waals surface area (Å²) in [7, 11) is -4.49. The summed E-state index contributed by atoms with van der Waals surface area (Å²) in [4.78, 5) is 28.6. The van der Waals surface area contributed by atoms with Gasteiger partial charge in [0.1, 0.15) is 12.6 Å². The lowest BCUT2D eigenvalue weighted by atomic mass is 10.0. The van der Waals surface area contributed by atoms with Crippen LogP contribution in [0.3, 0.4) is 0 Å². The number of alkyl halides is 3. The van der Waals surface area contributed by atoms with Gasteiger partial charge in [0.05, 0.1) is 16.1 Å². The third-order valence-corrected chi connectivity index (χ3v) is 8.35. The molecule has 226 valence electrons. The number of hydrogen-bond donors (Lipinski definition) is 1. The van der Waals surface area contributed by atoms with Crippen LogP contribution in [0.25, 0.3) is 0 Å². The number of sulfonamides is 1. The number of amides is 2. The molecule has 0 aliphatic heterocycles. The van der Waals surface area contributed by atoms with Crippen molar-refractivity contribution >= 4 is 27.5 Å². The predicted molar refractivity (Wildman–Crippen MR) is 156 cm³/mol. The number of benzene rings is 3. The Balaban J connectivity index is 2.13. The van der Waals surface area contributed by atoms with Crippen molar-refractivity contribution in [3.63, 3.8) is 0 Å². The lowest BCUT2D eigenvalue weighted by molar-refractivity contribution is -0.141. The molecule has 3 rings (SSSR count). The molecule has 0 radical (unpaired) electrons. The molecule has 0 bridgehead atoms. The first-order valence-electron chi connectivity index (χ1n) is 13.5. The Kier molecular flexibility index (Phi) is 10.1. The van der Waals surface area contributed by atoms with Gasteiger partial charge in [-0.25, -0.2) is 8.42 Å². The highest BCUT2D eigenvalue weighted by atomic mass is 32.2. The average molecular weight is 604 g/mol. The Bertz CT molecular complexity index is 1500. The fraction of sp³-hybridized carbons (Fsp3) is 0.355. The van der Waals surface area contributed by atoms with Crippen LogP contribution in [0.5, 0.6) is 0 Å². The molecule has 1 N–H and O–H groups in total. The lowest BCUT2D eigenvalue weighted by Gasteiger charge is -2.35. The van der Waals surface area contributed by atoms with E-state index in [-0.39, 0.29) is 23.5 Å². The molecule has 0 heterocycles. The van der Waals surface area contributed by atoms with Crippen LogP contribution in [-0.4, -0.2) is 43.3 Å². The number of aryl methyl sites for hydroxylation is 1. The zero-order valence-electron chi connectivity index (χ0n) is 24.3. The smallest absolute Gasteiger partial charge is 0.350 e. The van der Waals surface area contributed by atoms with Gasteiger partial charge in [0.2, 0.25) is 11.8 Å².